The fourth-order valence-electron chi connectivity index (χ4n) is 5.20. The van der Waals surface area contributed by atoms with Crippen LogP contribution in [0.25, 0.3) is 0 Å². The zero-order chi connectivity index (χ0) is 31.0. The van der Waals surface area contributed by atoms with Gasteiger partial charge in [0.15, 0.2) is 0 Å². The zero-order valence-corrected chi connectivity index (χ0v) is 26.9. The van der Waals surface area contributed by atoms with Gasteiger partial charge < -0.3 is 19.6 Å². The van der Waals surface area contributed by atoms with Crippen LogP contribution in [-0.2, 0) is 15.6 Å². The maximum atomic E-state index is 15.7. The minimum absolute atomic E-state index is 0.213. The number of aliphatic hydroxyl groups is 1. The first-order valence-corrected chi connectivity index (χ1v) is 16.5. The van der Waals surface area contributed by atoms with E-state index in [9.17, 15) is 9.90 Å². The lowest BCUT2D eigenvalue weighted by Gasteiger charge is -2.43. The molecular weight excluding hydrogens is 545 g/mol. The molecule has 0 aliphatic heterocycles. The quantitative estimate of drug-likeness (QED) is 0.248. The molecule has 0 aliphatic rings. The van der Waals surface area contributed by atoms with Crippen molar-refractivity contribution in [2.24, 2.45) is 5.92 Å². The van der Waals surface area contributed by atoms with Gasteiger partial charge in [-0.1, -0.05) is 119 Å². The number of aliphatic hydroxyl groups excluding tert-OH is 1. The first-order valence-electron chi connectivity index (χ1n) is 14.6. The summed E-state index contributed by atoms with van der Waals surface area (Å²) in [7, 11) is -2.80. The molecule has 42 heavy (non-hydrogen) atoms. The van der Waals surface area contributed by atoms with E-state index >= 15 is 4.39 Å². The topological polar surface area (TPSA) is 67.8 Å². The number of benzene rings is 3. The third-order valence-corrected chi connectivity index (χ3v) is 12.1. The van der Waals surface area contributed by atoms with Crippen LogP contribution in [0.15, 0.2) is 103 Å². The van der Waals surface area contributed by atoms with Crippen molar-refractivity contribution in [3.05, 3.63) is 108 Å². The number of carbonyl (C=O) groups is 1. The summed E-state index contributed by atoms with van der Waals surface area (Å²) in [5.74, 6) is -1.06. The number of nitrogens with one attached hydrogen (secondary N) is 1. The molecule has 0 fully saturated rings. The smallest absolute Gasteiger partial charge is 0.407 e. The third kappa shape index (κ3) is 8.87. The third-order valence-electron chi connectivity index (χ3n) is 7.09. The van der Waals surface area contributed by atoms with E-state index in [2.05, 4.69) is 50.4 Å². The van der Waals surface area contributed by atoms with Crippen LogP contribution in [0, 0.1) is 5.92 Å². The van der Waals surface area contributed by atoms with Crippen LogP contribution in [0.5, 0.6) is 0 Å². The van der Waals surface area contributed by atoms with Crippen LogP contribution < -0.4 is 15.7 Å². The highest BCUT2D eigenvalue weighted by Crippen LogP contribution is 2.37. The van der Waals surface area contributed by atoms with Crippen molar-refractivity contribution in [2.75, 3.05) is 6.61 Å². The lowest BCUT2D eigenvalue weighted by molar-refractivity contribution is 0.0434. The maximum Gasteiger partial charge on any atom is 0.407 e. The molecule has 0 aliphatic carbocycles. The molecule has 2 N–H and O–H groups in total. The van der Waals surface area contributed by atoms with E-state index in [0.717, 1.165) is 15.9 Å². The van der Waals surface area contributed by atoms with Gasteiger partial charge in [-0.05, 0) is 60.2 Å². The van der Waals surface area contributed by atoms with Gasteiger partial charge in [-0.3, -0.25) is 0 Å². The van der Waals surface area contributed by atoms with Gasteiger partial charge in [0.2, 0.25) is 0 Å². The van der Waals surface area contributed by atoms with Crippen LogP contribution in [0.2, 0.25) is 5.04 Å². The molecular formula is C35H46FNO4Si. The van der Waals surface area contributed by atoms with E-state index < -0.39 is 38.0 Å². The Morgan fingerprint density at radius 2 is 1.36 bits per heavy atom. The van der Waals surface area contributed by atoms with Gasteiger partial charge in [0.1, 0.15) is 17.5 Å². The summed E-state index contributed by atoms with van der Waals surface area (Å²) in [6.07, 6.45) is -0.640. The predicted octanol–water partition coefficient (Wildman–Crippen LogP) is 6.55. The molecule has 1 amide bonds. The highest BCUT2D eigenvalue weighted by Gasteiger charge is 2.50. The average molecular weight is 592 g/mol. The molecule has 0 spiro atoms. The fourth-order valence-corrected chi connectivity index (χ4v) is 9.87. The molecule has 3 atom stereocenters. The molecule has 3 aromatic carbocycles. The summed E-state index contributed by atoms with van der Waals surface area (Å²) in [4.78, 5) is 12.6. The maximum absolute atomic E-state index is 15.7. The summed E-state index contributed by atoms with van der Waals surface area (Å²) in [5, 5.41) is 15.9. The summed E-state index contributed by atoms with van der Waals surface area (Å²) in [6.45, 7) is 14.0. The van der Waals surface area contributed by atoms with Gasteiger partial charge >= 0.3 is 6.09 Å². The number of hydrogen-bond acceptors (Lipinski definition) is 4. The van der Waals surface area contributed by atoms with Gasteiger partial charge in [0.25, 0.3) is 8.32 Å². The number of alkyl carbamates (subject to hydrolysis) is 1. The van der Waals surface area contributed by atoms with Crippen LogP contribution >= 0.6 is 0 Å². The van der Waals surface area contributed by atoms with Crippen molar-refractivity contribution in [3.63, 3.8) is 0 Å². The van der Waals surface area contributed by atoms with Gasteiger partial charge in [0, 0.05) is 6.61 Å². The second kappa shape index (κ2) is 14.3. The van der Waals surface area contributed by atoms with Crippen molar-refractivity contribution in [3.8, 4) is 0 Å². The van der Waals surface area contributed by atoms with Crippen molar-refractivity contribution in [1.82, 2.24) is 5.32 Å². The van der Waals surface area contributed by atoms with Crippen LogP contribution in [0.1, 0.15) is 54.0 Å². The number of carbonyl (C=O) groups excluding carboxylic acids is 1. The molecule has 0 bridgehead atoms. The van der Waals surface area contributed by atoms with Gasteiger partial charge in [-0.15, -0.1) is 0 Å². The Morgan fingerprint density at radius 1 is 0.881 bits per heavy atom. The fraction of sp³-hybridized carbons (Fsp3) is 0.400. The normalized spacial score (nSPS) is 15.0. The zero-order valence-electron chi connectivity index (χ0n) is 25.9. The second-order valence-corrected chi connectivity index (χ2v) is 17.2. The number of rotatable bonds is 11. The number of ether oxygens (including phenoxy) is 1. The molecule has 3 aromatic rings. The Labute approximate surface area is 251 Å². The predicted molar refractivity (Wildman–Crippen MR) is 171 cm³/mol. The van der Waals surface area contributed by atoms with E-state index in [0.29, 0.717) is 0 Å². The molecule has 3 rings (SSSR count). The molecule has 0 heterocycles. The lowest BCUT2D eigenvalue weighted by Crippen LogP contribution is -2.66. The van der Waals surface area contributed by atoms with Gasteiger partial charge in [-0.25, -0.2) is 9.18 Å². The Morgan fingerprint density at radius 3 is 1.81 bits per heavy atom. The lowest BCUT2D eigenvalue weighted by atomic mass is 9.99. The van der Waals surface area contributed by atoms with Crippen LogP contribution in [-0.4, -0.2) is 43.9 Å². The van der Waals surface area contributed by atoms with Crippen molar-refractivity contribution >= 4 is 24.8 Å². The van der Waals surface area contributed by atoms with E-state index in [1.165, 1.54) is 6.08 Å². The molecule has 7 heteroatoms. The highest BCUT2D eigenvalue weighted by molar-refractivity contribution is 6.99. The van der Waals surface area contributed by atoms with E-state index in [-0.39, 0.29) is 24.0 Å². The van der Waals surface area contributed by atoms with Crippen LogP contribution in [0.3, 0.4) is 0 Å². The van der Waals surface area contributed by atoms with E-state index in [1.54, 1.807) is 20.8 Å². The van der Waals surface area contributed by atoms with Crippen molar-refractivity contribution in [1.29, 1.82) is 0 Å². The van der Waals surface area contributed by atoms with Crippen molar-refractivity contribution in [2.45, 2.75) is 77.7 Å². The summed E-state index contributed by atoms with van der Waals surface area (Å²) in [6, 6.07) is 29.0. The van der Waals surface area contributed by atoms with E-state index in [4.69, 9.17) is 9.16 Å². The largest absolute Gasteiger partial charge is 0.444 e. The van der Waals surface area contributed by atoms with E-state index in [1.807, 2.05) is 73.7 Å². The monoisotopic (exact) mass is 591 g/mol. The molecule has 1 unspecified atom stereocenters. The van der Waals surface area contributed by atoms with Gasteiger partial charge in [0.05, 0.1) is 6.04 Å². The minimum Gasteiger partial charge on any atom is -0.444 e. The Hall–Kier alpha value is -3.26. The highest BCUT2D eigenvalue weighted by atomic mass is 28.4. The molecule has 0 saturated heterocycles. The average Bonchev–Trinajstić information content (AvgIpc) is 2.92. The second-order valence-electron chi connectivity index (χ2n) is 12.9. The first kappa shape index (κ1) is 33.2. The Bertz CT molecular complexity index is 1250. The van der Waals surface area contributed by atoms with Crippen molar-refractivity contribution < 1.29 is 23.5 Å². The number of halogens is 1. The number of hydrogen-bond donors (Lipinski definition) is 2. The summed E-state index contributed by atoms with van der Waals surface area (Å²) in [5.41, 5.74) is 0.126. The summed E-state index contributed by atoms with van der Waals surface area (Å²) < 4.78 is 28.0. The molecule has 0 radical (unpaired) electrons. The molecule has 0 saturated carbocycles. The Kier molecular flexibility index (Phi) is 11.3. The molecule has 5 nitrogen and oxygen atoms in total. The summed E-state index contributed by atoms with van der Waals surface area (Å²) >= 11 is 0. The molecule has 0 aromatic heterocycles. The van der Waals surface area contributed by atoms with Gasteiger partial charge in [-0.2, -0.15) is 0 Å². The van der Waals surface area contributed by atoms with Crippen LogP contribution in [0.4, 0.5) is 9.18 Å². The minimum atomic E-state index is -2.80. The molecule has 226 valence electrons. The Balaban J connectivity index is 1.86. The standard InChI is InChI=1S/C35H46FNO4Si/c1-26(25-40-42(35(5,6)7,28-19-13-9-14-20-28)29-21-15-10-16-22-29)23-30(36)32(38)31(24-27-17-11-8-12-18-27)37-33(39)41-34(2,3)4/h8-23,26,31-32,38H,24-25H2,1-7H3,(H,37,39)/b30-23-/t26-,31-,32?/m1/s1. The SMILES string of the molecule is C[C@H](/C=C(\F)C(O)[C@@H](Cc1ccccc1)NC(=O)OC(C)(C)C)CO[Si](c1ccccc1)(c1ccccc1)C(C)(C)C. The number of amides is 1. The first-order chi connectivity index (χ1) is 19.7.